The SMILES string of the molecule is Cc1cc(C)c2c(c1)NC(=O)C(C)(C)C(C)(C)S2. The van der Waals surface area contributed by atoms with Crippen LogP contribution in [0.5, 0.6) is 0 Å². The first-order valence-corrected chi connectivity index (χ1v) is 7.08. The second-order valence-corrected chi connectivity index (χ2v) is 7.78. The van der Waals surface area contributed by atoms with Crippen LogP contribution in [0.15, 0.2) is 17.0 Å². The van der Waals surface area contributed by atoms with Gasteiger partial charge >= 0.3 is 0 Å². The molecule has 1 amide bonds. The number of carbonyl (C=O) groups excluding carboxylic acids is 1. The van der Waals surface area contributed by atoms with Gasteiger partial charge in [0.05, 0.1) is 11.1 Å². The van der Waals surface area contributed by atoms with Gasteiger partial charge in [0.25, 0.3) is 0 Å². The molecule has 1 heterocycles. The van der Waals surface area contributed by atoms with E-state index < -0.39 is 5.41 Å². The van der Waals surface area contributed by atoms with Crippen molar-refractivity contribution in [2.24, 2.45) is 5.41 Å². The molecule has 0 saturated heterocycles. The predicted molar refractivity (Wildman–Crippen MR) is 78.3 cm³/mol. The average molecular weight is 263 g/mol. The first kappa shape index (κ1) is 13.5. The molecule has 1 aromatic carbocycles. The van der Waals surface area contributed by atoms with Gasteiger partial charge in [-0.15, -0.1) is 11.8 Å². The summed E-state index contributed by atoms with van der Waals surface area (Å²) in [5, 5.41) is 3.09. The molecule has 0 atom stereocenters. The second kappa shape index (κ2) is 4.02. The minimum Gasteiger partial charge on any atom is -0.325 e. The van der Waals surface area contributed by atoms with Crippen LogP contribution in [0.3, 0.4) is 0 Å². The zero-order valence-corrected chi connectivity index (χ0v) is 12.8. The highest BCUT2D eigenvalue weighted by atomic mass is 32.2. The van der Waals surface area contributed by atoms with Crippen LogP contribution in [0.2, 0.25) is 0 Å². The molecule has 1 aromatic rings. The molecule has 0 bridgehead atoms. The molecule has 0 fully saturated rings. The standard InChI is InChI=1S/C15H21NOS/c1-9-7-10(2)12-11(8-9)16-13(17)14(3,4)15(5,6)18-12/h7-8H,1-6H3,(H,16,17). The van der Waals surface area contributed by atoms with Gasteiger partial charge in [0.2, 0.25) is 5.91 Å². The number of hydrogen-bond donors (Lipinski definition) is 1. The van der Waals surface area contributed by atoms with Crippen LogP contribution < -0.4 is 5.32 Å². The topological polar surface area (TPSA) is 29.1 Å². The van der Waals surface area contributed by atoms with Crippen molar-refractivity contribution in [2.45, 2.75) is 51.2 Å². The van der Waals surface area contributed by atoms with Gasteiger partial charge in [-0.3, -0.25) is 4.79 Å². The quantitative estimate of drug-likeness (QED) is 0.761. The molecule has 0 radical (unpaired) electrons. The highest BCUT2D eigenvalue weighted by Crippen LogP contribution is 2.51. The number of carbonyl (C=O) groups is 1. The smallest absolute Gasteiger partial charge is 0.231 e. The normalized spacial score (nSPS) is 20.9. The Balaban J connectivity index is 2.62. The molecule has 0 aromatic heterocycles. The third kappa shape index (κ3) is 1.95. The summed E-state index contributed by atoms with van der Waals surface area (Å²) in [6.07, 6.45) is 0. The van der Waals surface area contributed by atoms with E-state index in [1.165, 1.54) is 16.0 Å². The highest BCUT2D eigenvalue weighted by Gasteiger charge is 2.46. The maximum atomic E-state index is 12.4. The number of amides is 1. The molecule has 1 aliphatic heterocycles. The summed E-state index contributed by atoms with van der Waals surface area (Å²) in [5.41, 5.74) is 2.98. The number of thioether (sulfide) groups is 1. The summed E-state index contributed by atoms with van der Waals surface area (Å²) < 4.78 is -0.137. The minimum absolute atomic E-state index is 0.101. The number of nitrogens with one attached hydrogen (secondary N) is 1. The molecular formula is C15H21NOS. The van der Waals surface area contributed by atoms with E-state index in [-0.39, 0.29) is 10.7 Å². The van der Waals surface area contributed by atoms with Crippen molar-refractivity contribution in [3.63, 3.8) is 0 Å². The highest BCUT2D eigenvalue weighted by molar-refractivity contribution is 8.01. The summed E-state index contributed by atoms with van der Waals surface area (Å²) >= 11 is 1.80. The molecule has 1 aliphatic rings. The molecule has 0 saturated carbocycles. The minimum atomic E-state index is -0.406. The lowest BCUT2D eigenvalue weighted by molar-refractivity contribution is -0.125. The van der Waals surface area contributed by atoms with Crippen LogP contribution in [0.4, 0.5) is 5.69 Å². The van der Waals surface area contributed by atoms with Gasteiger partial charge in [-0.05, 0) is 58.7 Å². The van der Waals surface area contributed by atoms with Crippen molar-refractivity contribution in [1.82, 2.24) is 0 Å². The summed E-state index contributed by atoms with van der Waals surface area (Å²) in [5.74, 6) is 0.101. The number of rotatable bonds is 0. The lowest BCUT2D eigenvalue weighted by atomic mass is 9.79. The Labute approximate surface area is 114 Å². The Kier molecular flexibility index (Phi) is 3.01. The summed E-state index contributed by atoms with van der Waals surface area (Å²) in [6, 6.07) is 4.23. The Hall–Kier alpha value is -0.960. The predicted octanol–water partition coefficient (Wildman–Crippen LogP) is 4.15. The zero-order valence-electron chi connectivity index (χ0n) is 12.0. The molecule has 0 spiro atoms. The van der Waals surface area contributed by atoms with Gasteiger partial charge in [0, 0.05) is 9.64 Å². The van der Waals surface area contributed by atoms with Crippen LogP contribution >= 0.6 is 11.8 Å². The molecule has 3 heteroatoms. The van der Waals surface area contributed by atoms with E-state index >= 15 is 0 Å². The molecule has 18 heavy (non-hydrogen) atoms. The molecule has 2 nitrogen and oxygen atoms in total. The average Bonchev–Trinajstić information content (AvgIpc) is 2.27. The third-order valence-electron chi connectivity index (χ3n) is 4.10. The van der Waals surface area contributed by atoms with Crippen molar-refractivity contribution in [2.75, 3.05) is 5.32 Å². The van der Waals surface area contributed by atoms with E-state index in [0.29, 0.717) is 0 Å². The second-order valence-electron chi connectivity index (χ2n) is 6.15. The molecule has 0 aliphatic carbocycles. The van der Waals surface area contributed by atoms with Crippen LogP contribution in [0.1, 0.15) is 38.8 Å². The van der Waals surface area contributed by atoms with Crippen molar-refractivity contribution in [3.05, 3.63) is 23.3 Å². The van der Waals surface area contributed by atoms with E-state index in [0.717, 1.165) is 5.69 Å². The van der Waals surface area contributed by atoms with Crippen molar-refractivity contribution < 1.29 is 4.79 Å². The Morgan fingerprint density at radius 2 is 1.72 bits per heavy atom. The van der Waals surface area contributed by atoms with Gasteiger partial charge in [0.15, 0.2) is 0 Å². The van der Waals surface area contributed by atoms with E-state index in [9.17, 15) is 4.79 Å². The van der Waals surface area contributed by atoms with Crippen LogP contribution in [0.25, 0.3) is 0 Å². The molecular weight excluding hydrogens is 242 g/mol. The van der Waals surface area contributed by atoms with Gasteiger partial charge in [-0.2, -0.15) is 0 Å². The largest absolute Gasteiger partial charge is 0.325 e. The maximum absolute atomic E-state index is 12.4. The maximum Gasteiger partial charge on any atom is 0.231 e. The van der Waals surface area contributed by atoms with Gasteiger partial charge in [-0.25, -0.2) is 0 Å². The lowest BCUT2D eigenvalue weighted by Gasteiger charge is -2.37. The van der Waals surface area contributed by atoms with E-state index in [1.54, 1.807) is 11.8 Å². The van der Waals surface area contributed by atoms with Crippen molar-refractivity contribution >= 4 is 23.4 Å². The summed E-state index contributed by atoms with van der Waals surface area (Å²) in [6.45, 7) is 12.5. The molecule has 1 N–H and O–H groups in total. The summed E-state index contributed by atoms with van der Waals surface area (Å²) in [4.78, 5) is 13.6. The van der Waals surface area contributed by atoms with E-state index in [1.807, 2.05) is 13.8 Å². The fraction of sp³-hybridized carbons (Fsp3) is 0.533. The van der Waals surface area contributed by atoms with Crippen LogP contribution in [0, 0.1) is 19.3 Å². The van der Waals surface area contributed by atoms with Crippen molar-refractivity contribution in [3.8, 4) is 0 Å². The number of fused-ring (bicyclic) bond motifs is 1. The molecule has 2 rings (SSSR count). The fourth-order valence-electron chi connectivity index (χ4n) is 2.12. The lowest BCUT2D eigenvalue weighted by Crippen LogP contribution is -2.44. The van der Waals surface area contributed by atoms with Crippen LogP contribution in [-0.4, -0.2) is 10.7 Å². The van der Waals surface area contributed by atoms with Gasteiger partial charge in [-0.1, -0.05) is 6.07 Å². The number of benzene rings is 1. The molecule has 98 valence electrons. The van der Waals surface area contributed by atoms with E-state index in [4.69, 9.17) is 0 Å². The monoisotopic (exact) mass is 263 g/mol. The van der Waals surface area contributed by atoms with E-state index in [2.05, 4.69) is 45.1 Å². The van der Waals surface area contributed by atoms with Crippen LogP contribution in [-0.2, 0) is 4.79 Å². The zero-order chi connectivity index (χ0) is 13.7. The van der Waals surface area contributed by atoms with Gasteiger partial charge < -0.3 is 5.32 Å². The van der Waals surface area contributed by atoms with Crippen molar-refractivity contribution in [1.29, 1.82) is 0 Å². The Morgan fingerprint density at radius 1 is 1.11 bits per heavy atom. The Bertz CT molecular complexity index is 517. The number of anilines is 1. The third-order valence-corrected chi connectivity index (χ3v) is 5.86. The van der Waals surface area contributed by atoms with Gasteiger partial charge in [0.1, 0.15) is 0 Å². The Morgan fingerprint density at radius 3 is 2.33 bits per heavy atom. The number of hydrogen-bond acceptors (Lipinski definition) is 2. The molecule has 0 unspecified atom stereocenters. The first-order chi connectivity index (χ1) is 8.15. The fourth-order valence-corrected chi connectivity index (χ4v) is 3.42. The number of aryl methyl sites for hydroxylation is 2. The first-order valence-electron chi connectivity index (χ1n) is 6.27. The summed E-state index contributed by atoms with van der Waals surface area (Å²) in [7, 11) is 0.